The Bertz CT molecular complexity index is 880. The highest BCUT2D eigenvalue weighted by molar-refractivity contribution is 5.87. The van der Waals surface area contributed by atoms with Crippen LogP contribution in [0.5, 0.6) is 0 Å². The summed E-state index contributed by atoms with van der Waals surface area (Å²) in [7, 11) is 0. The maximum Gasteiger partial charge on any atom is 0.242 e. The van der Waals surface area contributed by atoms with Crippen molar-refractivity contribution in [3.8, 4) is 0 Å². The van der Waals surface area contributed by atoms with Crippen molar-refractivity contribution in [3.63, 3.8) is 0 Å². The Hall–Kier alpha value is -2.83. The van der Waals surface area contributed by atoms with E-state index in [1.54, 1.807) is 0 Å². The SMILES string of the molecule is CCCCC/C=C\C/C=C\CCCCCCCCNC(=O)C(CCNC(=N)N)NC(=O)CCCCCCC/C=C\C/C=C\CCCCC. The summed E-state index contributed by atoms with van der Waals surface area (Å²) in [4.78, 5) is 25.5. The fourth-order valence-electron chi connectivity index (χ4n) is 5.43. The summed E-state index contributed by atoms with van der Waals surface area (Å²) in [5.74, 6) is -0.374. The third-order valence-electron chi connectivity index (χ3n) is 8.43. The van der Waals surface area contributed by atoms with Crippen molar-refractivity contribution in [1.29, 1.82) is 5.41 Å². The van der Waals surface area contributed by atoms with Gasteiger partial charge in [0, 0.05) is 19.5 Å². The zero-order valence-electron chi connectivity index (χ0n) is 31.2. The molecular formula is C41H75N5O2. The number of hydrogen-bond acceptors (Lipinski definition) is 3. The van der Waals surface area contributed by atoms with Gasteiger partial charge in [0.2, 0.25) is 11.8 Å². The van der Waals surface area contributed by atoms with Gasteiger partial charge in [-0.1, -0.05) is 133 Å². The first kappa shape index (κ1) is 45.2. The van der Waals surface area contributed by atoms with E-state index in [-0.39, 0.29) is 17.8 Å². The van der Waals surface area contributed by atoms with Gasteiger partial charge in [0.1, 0.15) is 6.04 Å². The molecule has 48 heavy (non-hydrogen) atoms. The molecule has 1 unspecified atom stereocenters. The topological polar surface area (TPSA) is 120 Å². The third kappa shape index (κ3) is 34.5. The molecule has 0 fully saturated rings. The Balaban J connectivity index is 4.01. The standard InChI is InChI=1S/C41H75N5O2/c1-3-5-7-9-11-13-15-17-19-21-23-25-27-29-31-33-36-44-40(48)38(35-37-45-41(42)43)46-39(47)34-32-30-28-26-24-22-20-18-16-14-12-10-8-6-4-2/h11-14,17-20,38H,3-10,15-16,21-37H2,1-2H3,(H,44,48)(H,46,47)(H4,42,43,45)/b13-11-,14-12-,19-17-,20-18-. The normalized spacial score (nSPS) is 12.5. The van der Waals surface area contributed by atoms with E-state index in [4.69, 9.17) is 11.1 Å². The van der Waals surface area contributed by atoms with Crippen LogP contribution in [0.15, 0.2) is 48.6 Å². The average molecular weight is 670 g/mol. The van der Waals surface area contributed by atoms with Gasteiger partial charge in [0.05, 0.1) is 0 Å². The lowest BCUT2D eigenvalue weighted by Gasteiger charge is -2.19. The van der Waals surface area contributed by atoms with E-state index in [2.05, 4.69) is 78.4 Å². The minimum atomic E-state index is -0.619. The summed E-state index contributed by atoms with van der Waals surface area (Å²) in [5.41, 5.74) is 5.41. The summed E-state index contributed by atoms with van der Waals surface area (Å²) in [6.45, 7) is 5.46. The van der Waals surface area contributed by atoms with Crippen LogP contribution in [-0.2, 0) is 9.59 Å². The highest BCUT2D eigenvalue weighted by Gasteiger charge is 2.20. The summed E-state index contributed by atoms with van der Waals surface area (Å²) in [6, 6.07) is -0.619. The van der Waals surface area contributed by atoms with Crippen molar-refractivity contribution in [1.82, 2.24) is 16.0 Å². The van der Waals surface area contributed by atoms with E-state index in [0.717, 1.165) is 57.8 Å². The first-order valence-corrected chi connectivity index (χ1v) is 19.8. The van der Waals surface area contributed by atoms with Gasteiger partial charge in [-0.3, -0.25) is 15.0 Å². The van der Waals surface area contributed by atoms with Crippen LogP contribution in [0.25, 0.3) is 0 Å². The third-order valence-corrected chi connectivity index (χ3v) is 8.43. The fraction of sp³-hybridized carbons (Fsp3) is 0.732. The van der Waals surface area contributed by atoms with Gasteiger partial charge in [-0.05, 0) is 83.5 Å². The molecule has 0 rings (SSSR count). The van der Waals surface area contributed by atoms with Gasteiger partial charge in [0.25, 0.3) is 0 Å². The molecule has 6 N–H and O–H groups in total. The average Bonchev–Trinajstić information content (AvgIpc) is 3.07. The highest BCUT2D eigenvalue weighted by Crippen LogP contribution is 2.10. The zero-order valence-corrected chi connectivity index (χ0v) is 31.2. The number of nitrogens with two attached hydrogens (primary N) is 1. The first-order chi connectivity index (χ1) is 23.5. The van der Waals surface area contributed by atoms with Crippen LogP contribution in [0.4, 0.5) is 0 Å². The number of hydrogen-bond donors (Lipinski definition) is 5. The Morgan fingerprint density at radius 3 is 1.48 bits per heavy atom. The first-order valence-electron chi connectivity index (χ1n) is 19.8. The van der Waals surface area contributed by atoms with Crippen molar-refractivity contribution >= 4 is 17.8 Å². The molecule has 0 bridgehead atoms. The molecule has 0 aromatic carbocycles. The van der Waals surface area contributed by atoms with E-state index in [1.807, 2.05) is 0 Å². The van der Waals surface area contributed by atoms with Crippen molar-refractivity contribution in [3.05, 3.63) is 48.6 Å². The van der Waals surface area contributed by atoms with Gasteiger partial charge in [-0.2, -0.15) is 0 Å². The second kappa shape index (κ2) is 37.0. The van der Waals surface area contributed by atoms with E-state index >= 15 is 0 Å². The van der Waals surface area contributed by atoms with Gasteiger partial charge in [-0.15, -0.1) is 0 Å². The Kier molecular flexibility index (Phi) is 34.8. The van der Waals surface area contributed by atoms with E-state index in [9.17, 15) is 9.59 Å². The molecular weight excluding hydrogens is 594 g/mol. The molecule has 0 aliphatic rings. The number of nitrogens with one attached hydrogen (secondary N) is 4. The predicted octanol–water partition coefficient (Wildman–Crippen LogP) is 10.1. The van der Waals surface area contributed by atoms with Crippen LogP contribution >= 0.6 is 0 Å². The molecule has 1 atom stereocenters. The molecule has 0 radical (unpaired) electrons. The molecule has 0 spiro atoms. The van der Waals surface area contributed by atoms with Gasteiger partial charge in [0.15, 0.2) is 5.96 Å². The molecule has 0 aromatic heterocycles. The number of allylic oxidation sites excluding steroid dienone is 8. The molecule has 276 valence electrons. The van der Waals surface area contributed by atoms with Crippen LogP contribution < -0.4 is 21.7 Å². The van der Waals surface area contributed by atoms with Crippen molar-refractivity contribution < 1.29 is 9.59 Å². The molecule has 0 saturated carbocycles. The van der Waals surface area contributed by atoms with Gasteiger partial charge < -0.3 is 21.7 Å². The largest absolute Gasteiger partial charge is 0.370 e. The Labute approximate surface area is 296 Å². The van der Waals surface area contributed by atoms with Crippen molar-refractivity contribution in [2.24, 2.45) is 5.73 Å². The van der Waals surface area contributed by atoms with E-state index in [1.165, 1.54) is 89.9 Å². The lowest BCUT2D eigenvalue weighted by atomic mass is 10.1. The van der Waals surface area contributed by atoms with Gasteiger partial charge >= 0.3 is 0 Å². The summed E-state index contributed by atoms with van der Waals surface area (Å²) < 4.78 is 0. The number of unbranched alkanes of at least 4 members (excludes halogenated alkanes) is 17. The summed E-state index contributed by atoms with van der Waals surface area (Å²) in [6.07, 6.45) is 45.9. The Morgan fingerprint density at radius 2 is 1.00 bits per heavy atom. The summed E-state index contributed by atoms with van der Waals surface area (Å²) >= 11 is 0. The predicted molar refractivity (Wildman–Crippen MR) is 208 cm³/mol. The molecule has 0 saturated heterocycles. The highest BCUT2D eigenvalue weighted by atomic mass is 16.2. The van der Waals surface area contributed by atoms with Crippen LogP contribution in [-0.4, -0.2) is 36.9 Å². The number of guanidine groups is 1. The minimum absolute atomic E-state index is 0.0858. The number of carbonyl (C=O) groups excluding carboxylic acids is 2. The van der Waals surface area contributed by atoms with Crippen LogP contribution in [0.2, 0.25) is 0 Å². The minimum Gasteiger partial charge on any atom is -0.370 e. The number of rotatable bonds is 34. The van der Waals surface area contributed by atoms with Gasteiger partial charge in [-0.25, -0.2) is 0 Å². The second-order valence-corrected chi connectivity index (χ2v) is 13.1. The lowest BCUT2D eigenvalue weighted by molar-refractivity contribution is -0.129. The van der Waals surface area contributed by atoms with Crippen molar-refractivity contribution in [2.75, 3.05) is 13.1 Å². The van der Waals surface area contributed by atoms with E-state index < -0.39 is 6.04 Å². The molecule has 2 amide bonds. The molecule has 0 heterocycles. The maximum atomic E-state index is 12.9. The lowest BCUT2D eigenvalue weighted by Crippen LogP contribution is -2.48. The number of carbonyl (C=O) groups is 2. The fourth-order valence-corrected chi connectivity index (χ4v) is 5.43. The second-order valence-electron chi connectivity index (χ2n) is 13.1. The number of amides is 2. The zero-order chi connectivity index (χ0) is 35.2. The maximum absolute atomic E-state index is 12.9. The van der Waals surface area contributed by atoms with Crippen LogP contribution in [0.1, 0.15) is 174 Å². The summed E-state index contributed by atoms with van der Waals surface area (Å²) in [5, 5.41) is 16.0. The molecule has 0 aromatic rings. The molecule has 0 aliphatic carbocycles. The van der Waals surface area contributed by atoms with E-state index in [0.29, 0.717) is 25.9 Å². The van der Waals surface area contributed by atoms with Crippen molar-refractivity contribution in [2.45, 2.75) is 180 Å². The van der Waals surface area contributed by atoms with Crippen LogP contribution in [0, 0.1) is 5.41 Å². The molecule has 7 nitrogen and oxygen atoms in total. The molecule has 7 heteroatoms. The quantitative estimate of drug-likeness (QED) is 0.0203. The van der Waals surface area contributed by atoms with Crippen LogP contribution in [0.3, 0.4) is 0 Å². The Morgan fingerprint density at radius 1 is 0.562 bits per heavy atom. The monoisotopic (exact) mass is 670 g/mol. The molecule has 0 aliphatic heterocycles. The smallest absolute Gasteiger partial charge is 0.242 e.